The van der Waals surface area contributed by atoms with Gasteiger partial charge in [0.15, 0.2) is 0 Å². The highest BCUT2D eigenvalue weighted by Crippen LogP contribution is 2.43. The van der Waals surface area contributed by atoms with Crippen LogP contribution < -0.4 is 21.1 Å². The first kappa shape index (κ1) is 54.2. The van der Waals surface area contributed by atoms with Gasteiger partial charge in [-0.3, -0.25) is 0 Å². The fraction of sp³-hybridized carbons (Fsp3) is 0.638. The lowest BCUT2D eigenvalue weighted by atomic mass is 9.77. The van der Waals surface area contributed by atoms with Crippen LogP contribution in [-0.4, -0.2) is 99.8 Å². The molecule has 3 aromatic carbocycles. The van der Waals surface area contributed by atoms with Gasteiger partial charge in [-0.25, -0.2) is 4.79 Å². The number of hydrogen-bond acceptors (Lipinski definition) is 9. The van der Waals surface area contributed by atoms with Crippen molar-refractivity contribution in [2.45, 2.75) is 159 Å². The summed E-state index contributed by atoms with van der Waals surface area (Å²) < 4.78 is 23.2. The van der Waals surface area contributed by atoms with Crippen molar-refractivity contribution >= 4 is 6.03 Å². The lowest BCUT2D eigenvalue weighted by Gasteiger charge is -2.45. The minimum Gasteiger partial charge on any atom is -0.457 e. The summed E-state index contributed by atoms with van der Waals surface area (Å²) in [4.78, 5) is 16.5. The summed E-state index contributed by atoms with van der Waals surface area (Å²) in [5, 5.41) is 20.0. The molecule has 0 bridgehead atoms. The van der Waals surface area contributed by atoms with E-state index in [1.165, 1.54) is 101 Å². The Labute approximate surface area is 416 Å². The number of nitrogens with zero attached hydrogens (tertiary/aromatic N) is 2. The number of nitrogens with two attached hydrogens (primary N) is 1. The van der Waals surface area contributed by atoms with Crippen molar-refractivity contribution in [2.24, 2.45) is 17.6 Å². The molecule has 1 saturated carbocycles. The maximum Gasteiger partial charge on any atom is 0.315 e. The number of ether oxygens (including phenoxy) is 4. The number of rotatable bonds is 27. The number of piperidine rings is 2. The van der Waals surface area contributed by atoms with E-state index in [-0.39, 0.29) is 6.10 Å². The molecular weight excluding hydrogens is 863 g/mol. The molecule has 69 heavy (non-hydrogen) atoms. The van der Waals surface area contributed by atoms with Crippen LogP contribution in [-0.2, 0) is 19.8 Å². The Kier molecular flexibility index (Phi) is 23.5. The molecule has 2 heterocycles. The molecule has 0 spiro atoms. The average Bonchev–Trinajstić information content (AvgIpc) is 3.37. The van der Waals surface area contributed by atoms with E-state index in [0.717, 1.165) is 70.9 Å². The van der Waals surface area contributed by atoms with Crippen LogP contribution >= 0.6 is 0 Å². The van der Waals surface area contributed by atoms with Crippen molar-refractivity contribution in [3.8, 4) is 11.5 Å². The number of hydrogen-bond donors (Lipinski definition) is 4. The summed E-state index contributed by atoms with van der Waals surface area (Å²) in [5.74, 6) is 2.71. The van der Waals surface area contributed by atoms with Gasteiger partial charge in [-0.05, 0) is 120 Å². The largest absolute Gasteiger partial charge is 0.457 e. The number of amides is 2. The van der Waals surface area contributed by atoms with E-state index < -0.39 is 17.7 Å². The third kappa shape index (κ3) is 16.7. The Morgan fingerprint density at radius 2 is 1.51 bits per heavy atom. The van der Waals surface area contributed by atoms with E-state index in [0.29, 0.717) is 55.0 Å². The molecule has 2 saturated heterocycles. The first-order chi connectivity index (χ1) is 33.8. The maximum atomic E-state index is 12.2. The van der Waals surface area contributed by atoms with Gasteiger partial charge in [-0.15, -0.1) is 0 Å². The summed E-state index contributed by atoms with van der Waals surface area (Å²) in [5.41, 5.74) is 9.55. The van der Waals surface area contributed by atoms with Crippen LogP contribution in [0.1, 0.15) is 153 Å². The second kappa shape index (κ2) is 29.9. The molecule has 2 aliphatic carbocycles. The molecule has 11 nitrogen and oxygen atoms in total. The molecule has 0 aromatic heterocycles. The summed E-state index contributed by atoms with van der Waals surface area (Å²) in [6.45, 7) is 9.54. The topological polar surface area (TPSA) is 131 Å². The summed E-state index contributed by atoms with van der Waals surface area (Å²) in [7, 11) is 3.44. The third-order valence-electron chi connectivity index (χ3n) is 15.0. The van der Waals surface area contributed by atoms with Gasteiger partial charge in [-0.1, -0.05) is 119 Å². The lowest BCUT2D eigenvalue weighted by Crippen LogP contribution is -2.56. The highest BCUT2D eigenvalue weighted by Gasteiger charge is 2.45. The van der Waals surface area contributed by atoms with Gasteiger partial charge in [0.05, 0.1) is 12.1 Å². The average molecular weight is 952 g/mol. The number of urea groups is 1. The molecule has 1 unspecified atom stereocenters. The molecule has 4 aliphatic rings. The standard InChI is InChI=1S/C34H57N3O2.C24H32N2O4/c1-3-4-11-21-35-26-31(25-28-14-7-5-8-15-28)36-32-19-20-33(32)37-22-12-18-30(27-37)34(39-24-13-23-38-2)29-16-9-6-10-17-29;1-29-18-10-8-16-24(28,22-15-7-9-17-26(22)23(25)27)20-13-5-6-14-21(20)30-19-11-3-2-4-12-19/h6,9-10,16-17,28,30-31,34-36H,3-5,7-8,11-15,18-27H2,1-2H3;2-6,11-14,22,28H,7-10,15-18H2,1H3,(H2,25,27)/t30-,31+,34+;22?,24-/m10/s1. The molecule has 5 atom stereocenters. The van der Waals surface area contributed by atoms with Gasteiger partial charge >= 0.3 is 6.03 Å². The fourth-order valence-electron chi connectivity index (χ4n) is 11.3. The Hall–Kier alpha value is -4.13. The second-order valence-electron chi connectivity index (χ2n) is 20.1. The number of allylic oxidation sites excluding steroid dienone is 2. The van der Waals surface area contributed by atoms with Crippen molar-refractivity contribution in [1.29, 1.82) is 0 Å². The molecule has 11 heteroatoms. The number of aliphatic hydroxyl groups is 1. The van der Waals surface area contributed by atoms with Crippen LogP contribution in [0, 0.1) is 11.8 Å². The van der Waals surface area contributed by atoms with Crippen LogP contribution in [0.3, 0.4) is 0 Å². The van der Waals surface area contributed by atoms with Gasteiger partial charge in [0, 0.05) is 89.1 Å². The molecule has 2 amide bonds. The lowest BCUT2D eigenvalue weighted by molar-refractivity contribution is -0.0614. The first-order valence-electron chi connectivity index (χ1n) is 27.0. The van der Waals surface area contributed by atoms with Gasteiger partial charge in [0.2, 0.25) is 0 Å². The highest BCUT2D eigenvalue weighted by atomic mass is 16.5. The van der Waals surface area contributed by atoms with Crippen LogP contribution in [0.2, 0.25) is 0 Å². The van der Waals surface area contributed by atoms with Gasteiger partial charge < -0.3 is 50.2 Å². The Morgan fingerprint density at radius 1 is 0.783 bits per heavy atom. The van der Waals surface area contributed by atoms with E-state index in [2.05, 4.69) is 52.8 Å². The number of carbonyl (C=O) groups excluding carboxylic acids is 1. The predicted octanol–water partition coefficient (Wildman–Crippen LogP) is 11.6. The SMILES string of the molecule is CCCCCNC[C@H](CC1CCCCC1)NC1=C(N2CCC[C@@H]([C@@H](OCCCOC)c3ccccc3)C2)CC1.COCCCC[C@](O)(c1ccccc1Oc1ccccc1)C1CCCCN1C(N)=O. The van der Waals surface area contributed by atoms with Crippen molar-refractivity contribution in [3.63, 3.8) is 0 Å². The van der Waals surface area contributed by atoms with E-state index >= 15 is 0 Å². The number of nitrogens with one attached hydrogen (secondary N) is 2. The zero-order valence-electron chi connectivity index (χ0n) is 42.7. The Morgan fingerprint density at radius 3 is 2.23 bits per heavy atom. The maximum absolute atomic E-state index is 12.2. The van der Waals surface area contributed by atoms with Gasteiger partial charge in [-0.2, -0.15) is 0 Å². The number of methoxy groups -OCH3 is 2. The van der Waals surface area contributed by atoms with Crippen LogP contribution in [0.25, 0.3) is 0 Å². The van der Waals surface area contributed by atoms with E-state index in [4.69, 9.17) is 24.7 Å². The number of para-hydroxylation sites is 2. The highest BCUT2D eigenvalue weighted by molar-refractivity contribution is 5.73. The molecular formula is C58H89N5O6. The number of benzene rings is 3. The number of primary amides is 1. The van der Waals surface area contributed by atoms with Gasteiger partial charge in [0.25, 0.3) is 0 Å². The predicted molar refractivity (Wildman–Crippen MR) is 279 cm³/mol. The molecule has 3 fully saturated rings. The normalized spacial score (nSPS) is 20.5. The molecule has 2 aliphatic heterocycles. The van der Waals surface area contributed by atoms with Crippen molar-refractivity contribution < 1.29 is 28.8 Å². The smallest absolute Gasteiger partial charge is 0.315 e. The van der Waals surface area contributed by atoms with E-state index in [9.17, 15) is 9.90 Å². The monoisotopic (exact) mass is 952 g/mol. The van der Waals surface area contributed by atoms with E-state index in [1.807, 2.05) is 54.6 Å². The third-order valence-corrected chi connectivity index (χ3v) is 15.0. The zero-order valence-corrected chi connectivity index (χ0v) is 42.7. The second-order valence-corrected chi connectivity index (χ2v) is 20.1. The zero-order chi connectivity index (χ0) is 48.5. The van der Waals surface area contributed by atoms with Crippen LogP contribution in [0.4, 0.5) is 4.79 Å². The van der Waals surface area contributed by atoms with Crippen LogP contribution in [0.15, 0.2) is 96.3 Å². The summed E-state index contributed by atoms with van der Waals surface area (Å²) >= 11 is 0. The molecule has 0 radical (unpaired) electrons. The first-order valence-corrected chi connectivity index (χ1v) is 27.0. The number of carbonyl (C=O) groups is 1. The number of likely N-dealkylation sites (tertiary alicyclic amines) is 2. The van der Waals surface area contributed by atoms with Gasteiger partial charge in [0.1, 0.15) is 17.1 Å². The van der Waals surface area contributed by atoms with Crippen molar-refractivity contribution in [3.05, 3.63) is 107 Å². The summed E-state index contributed by atoms with van der Waals surface area (Å²) in [6, 6.07) is 27.6. The number of unbranched alkanes of at least 4 members (excludes halogenated alkanes) is 3. The van der Waals surface area contributed by atoms with Crippen molar-refractivity contribution in [1.82, 2.24) is 20.4 Å². The van der Waals surface area contributed by atoms with E-state index in [1.54, 1.807) is 24.8 Å². The Bertz CT molecular complexity index is 1910. The Balaban J connectivity index is 0.000000235. The molecule has 7 rings (SSSR count). The fourth-order valence-corrected chi connectivity index (χ4v) is 11.3. The molecule has 3 aromatic rings. The molecule has 5 N–H and O–H groups in total. The minimum atomic E-state index is -1.27. The van der Waals surface area contributed by atoms with Crippen molar-refractivity contribution in [2.75, 3.05) is 66.8 Å². The quantitative estimate of drug-likeness (QED) is 0.0552. The molecule has 382 valence electrons. The summed E-state index contributed by atoms with van der Waals surface area (Å²) in [6.07, 6.45) is 23.0. The minimum absolute atomic E-state index is 0.161. The van der Waals surface area contributed by atoms with Crippen LogP contribution in [0.5, 0.6) is 11.5 Å².